The Morgan fingerprint density at radius 1 is 1.23 bits per heavy atom. The minimum atomic E-state index is -2.93. The number of likely N-dealkylation sites (N-methyl/N-ethyl adjacent to an activating group) is 1. The van der Waals surface area contributed by atoms with E-state index in [4.69, 9.17) is 5.73 Å². The molecule has 3 aliphatic rings. The number of fused-ring (bicyclic) bond motifs is 3. The number of nitrogens with zero attached hydrogens (tertiary/aromatic N) is 1. The summed E-state index contributed by atoms with van der Waals surface area (Å²) in [6.07, 6.45) is -0.130. The van der Waals surface area contributed by atoms with Crippen LogP contribution in [0.1, 0.15) is 29.5 Å². The number of phenolic OH excluding ortho intramolecular Hbond substituents is 1. The van der Waals surface area contributed by atoms with E-state index >= 15 is 0 Å². The van der Waals surface area contributed by atoms with Gasteiger partial charge in [-0.1, -0.05) is 19.6 Å². The van der Waals surface area contributed by atoms with Crippen molar-refractivity contribution in [2.45, 2.75) is 30.6 Å². The average molecular weight is 482 g/mol. The average Bonchev–Trinajstić information content (AvgIpc) is 2.77. The number of phenols is 1. The summed E-state index contributed by atoms with van der Waals surface area (Å²) in [6, 6.07) is 1.47. The van der Waals surface area contributed by atoms with Crippen LogP contribution < -0.4 is 5.73 Å². The van der Waals surface area contributed by atoms with Crippen molar-refractivity contribution < 1.29 is 39.9 Å². The Labute approximate surface area is 200 Å². The van der Waals surface area contributed by atoms with Crippen molar-refractivity contribution in [3.63, 3.8) is 0 Å². The third kappa shape index (κ3) is 2.98. The smallest absolute Gasteiger partial charge is 0.255 e. The van der Waals surface area contributed by atoms with E-state index in [1.807, 2.05) is 0 Å². The van der Waals surface area contributed by atoms with Crippen LogP contribution >= 0.6 is 0 Å². The summed E-state index contributed by atoms with van der Waals surface area (Å²) < 4.78 is 0. The van der Waals surface area contributed by atoms with Crippen LogP contribution in [0.4, 0.5) is 0 Å². The van der Waals surface area contributed by atoms with E-state index in [-0.39, 0.29) is 11.3 Å². The van der Waals surface area contributed by atoms with Gasteiger partial charge in [0, 0.05) is 11.5 Å². The van der Waals surface area contributed by atoms with Crippen molar-refractivity contribution in [2.75, 3.05) is 14.1 Å². The molecule has 3 aliphatic carbocycles. The van der Waals surface area contributed by atoms with Crippen LogP contribution in [-0.2, 0) is 14.4 Å². The molecule has 0 saturated heterocycles. The normalized spacial score (nSPS) is 32.1. The molecule has 0 radical (unpaired) electrons. The highest BCUT2D eigenvalue weighted by atomic mass is 16.4. The summed E-state index contributed by atoms with van der Waals surface area (Å²) in [5, 5.41) is 55.8. The molecule has 0 spiro atoms. The maximum absolute atomic E-state index is 13.8. The van der Waals surface area contributed by atoms with Crippen LogP contribution in [0.15, 0.2) is 41.3 Å². The highest BCUT2D eigenvalue weighted by molar-refractivity contribution is 6.24. The molecular formula is C25H26N2O8. The number of ketones is 2. The van der Waals surface area contributed by atoms with Crippen LogP contribution in [0.2, 0.25) is 0 Å². The first-order chi connectivity index (χ1) is 16.3. The number of amides is 1. The number of nitrogens with two attached hydrogens (primary N) is 1. The zero-order valence-corrected chi connectivity index (χ0v) is 19.3. The molecule has 10 heteroatoms. The second kappa shape index (κ2) is 7.93. The number of aliphatic hydroxyl groups excluding tert-OH is 3. The summed E-state index contributed by atoms with van der Waals surface area (Å²) in [5.74, 6) is -9.24. The van der Waals surface area contributed by atoms with E-state index in [1.54, 1.807) is 13.0 Å². The third-order valence-corrected chi connectivity index (χ3v) is 7.40. The van der Waals surface area contributed by atoms with Crippen LogP contribution in [0.5, 0.6) is 5.75 Å². The molecule has 0 aromatic heterocycles. The molecule has 4 rings (SSSR count). The second-order valence-corrected chi connectivity index (χ2v) is 9.36. The fourth-order valence-corrected chi connectivity index (χ4v) is 5.97. The molecule has 6 atom stereocenters. The topological polar surface area (TPSA) is 182 Å². The monoisotopic (exact) mass is 482 g/mol. The molecule has 0 unspecified atom stereocenters. The van der Waals surface area contributed by atoms with E-state index in [2.05, 4.69) is 12.3 Å². The zero-order chi connectivity index (χ0) is 26.1. The van der Waals surface area contributed by atoms with Gasteiger partial charge in [0.1, 0.15) is 22.8 Å². The number of rotatable bonds is 3. The first-order valence-electron chi connectivity index (χ1n) is 10.9. The minimum absolute atomic E-state index is 0.0787. The van der Waals surface area contributed by atoms with Crippen molar-refractivity contribution in [2.24, 2.45) is 17.6 Å². The predicted molar refractivity (Wildman–Crippen MR) is 124 cm³/mol. The van der Waals surface area contributed by atoms with Crippen LogP contribution in [-0.4, -0.2) is 79.7 Å². The molecule has 1 aromatic carbocycles. The van der Waals surface area contributed by atoms with Crippen molar-refractivity contribution in [1.29, 1.82) is 0 Å². The Morgan fingerprint density at radius 2 is 1.86 bits per heavy atom. The SMILES string of the molecule is C=C=Cc1ccc(O)c2c1[C@@H](C)[C@H]1C(=C2O)C(=O)[C@@]2(O)C(O)=C(C(N)=O)C(=O)[C@H](N(C)C)[C@H]2[C@@H]1O. The van der Waals surface area contributed by atoms with Crippen molar-refractivity contribution in [1.82, 2.24) is 4.90 Å². The van der Waals surface area contributed by atoms with Gasteiger partial charge in [0.25, 0.3) is 5.91 Å². The first kappa shape index (κ1) is 24.4. The second-order valence-electron chi connectivity index (χ2n) is 9.36. The van der Waals surface area contributed by atoms with Crippen LogP contribution in [0, 0.1) is 11.8 Å². The lowest BCUT2D eigenvalue weighted by Crippen LogP contribution is -2.70. The minimum Gasteiger partial charge on any atom is -0.508 e. The Balaban J connectivity index is 2.10. The van der Waals surface area contributed by atoms with Gasteiger partial charge in [-0.15, -0.1) is 5.73 Å². The number of hydrogen-bond acceptors (Lipinski definition) is 9. The molecule has 7 N–H and O–H groups in total. The number of hydrogen-bond donors (Lipinski definition) is 6. The summed E-state index contributed by atoms with van der Waals surface area (Å²) in [6.45, 7) is 5.21. The van der Waals surface area contributed by atoms with Gasteiger partial charge in [-0.05, 0) is 43.3 Å². The van der Waals surface area contributed by atoms with Gasteiger partial charge in [0.15, 0.2) is 11.4 Å². The van der Waals surface area contributed by atoms with E-state index in [9.17, 15) is 39.9 Å². The van der Waals surface area contributed by atoms with Crippen LogP contribution in [0.3, 0.4) is 0 Å². The van der Waals surface area contributed by atoms with E-state index in [0.29, 0.717) is 11.1 Å². The van der Waals surface area contributed by atoms with Gasteiger partial charge >= 0.3 is 0 Å². The molecule has 1 fully saturated rings. The molecule has 0 aliphatic heterocycles. The maximum Gasteiger partial charge on any atom is 0.255 e. The predicted octanol–water partition coefficient (Wildman–Crippen LogP) is 0.294. The summed E-state index contributed by atoms with van der Waals surface area (Å²) in [5.41, 5.74) is 4.44. The Morgan fingerprint density at radius 3 is 2.40 bits per heavy atom. The molecule has 0 bridgehead atoms. The largest absolute Gasteiger partial charge is 0.508 e. The number of aliphatic hydroxyl groups is 4. The Hall–Kier alpha value is -3.69. The summed E-state index contributed by atoms with van der Waals surface area (Å²) >= 11 is 0. The lowest BCUT2D eigenvalue weighted by molar-refractivity contribution is -0.169. The third-order valence-electron chi connectivity index (χ3n) is 7.40. The number of benzene rings is 1. The lowest BCUT2D eigenvalue weighted by Gasteiger charge is -2.53. The molecule has 1 amide bonds. The molecular weight excluding hydrogens is 456 g/mol. The Kier molecular flexibility index (Phi) is 5.53. The Bertz CT molecular complexity index is 1300. The zero-order valence-electron chi connectivity index (χ0n) is 19.3. The van der Waals surface area contributed by atoms with Crippen LogP contribution in [0.25, 0.3) is 11.8 Å². The van der Waals surface area contributed by atoms with Crippen molar-refractivity contribution in [3.05, 3.63) is 58.0 Å². The van der Waals surface area contributed by atoms with Gasteiger partial charge in [0.2, 0.25) is 5.78 Å². The lowest BCUT2D eigenvalue weighted by atomic mass is 9.54. The fraction of sp³-hybridized carbons (Fsp3) is 0.360. The molecule has 1 saturated carbocycles. The number of carbonyl (C=O) groups is 3. The molecule has 10 nitrogen and oxygen atoms in total. The maximum atomic E-state index is 13.8. The van der Waals surface area contributed by atoms with Crippen molar-refractivity contribution in [3.8, 4) is 5.75 Å². The van der Waals surface area contributed by atoms with Gasteiger partial charge < -0.3 is 31.3 Å². The highest BCUT2D eigenvalue weighted by Crippen LogP contribution is 2.56. The molecule has 35 heavy (non-hydrogen) atoms. The highest BCUT2D eigenvalue weighted by Gasteiger charge is 2.68. The fourth-order valence-electron chi connectivity index (χ4n) is 5.97. The van der Waals surface area contributed by atoms with Gasteiger partial charge in [-0.3, -0.25) is 19.3 Å². The van der Waals surface area contributed by atoms with Gasteiger partial charge in [-0.2, -0.15) is 0 Å². The molecule has 0 heterocycles. The number of Topliss-reactive ketones (excluding diaryl/α,β-unsaturated/α-hetero) is 2. The van der Waals surface area contributed by atoms with Crippen molar-refractivity contribution >= 4 is 29.3 Å². The van der Waals surface area contributed by atoms with E-state index in [0.717, 1.165) is 0 Å². The summed E-state index contributed by atoms with van der Waals surface area (Å²) in [7, 11) is 2.91. The van der Waals surface area contributed by atoms with E-state index in [1.165, 1.54) is 31.1 Å². The number of primary amides is 1. The summed E-state index contributed by atoms with van der Waals surface area (Å²) in [4.78, 5) is 40.3. The first-order valence-corrected chi connectivity index (χ1v) is 10.9. The van der Waals surface area contributed by atoms with E-state index < -0.39 is 75.6 Å². The van der Waals surface area contributed by atoms with Gasteiger partial charge in [0.05, 0.1) is 23.6 Å². The molecule has 184 valence electrons. The van der Waals surface area contributed by atoms with Gasteiger partial charge in [-0.25, -0.2) is 0 Å². The number of carbonyl (C=O) groups excluding carboxylic acids is 3. The number of aromatic hydroxyl groups is 1. The standard InChI is InChI=1S/C25H26N2O8/c1-5-6-10-7-8-11(28)14-12(10)9(2)13-15(19(14)29)22(32)25(35)17(20(13)30)18(27(3)4)21(31)16(23(25)33)24(26)34/h6-9,13,17-18,20,28-30,33,35H,1H2,2-4H3,(H2,26,34)/t9-,13+,17+,18-,20-,25-/m1/s1. The molecule has 1 aromatic rings. The quantitative estimate of drug-likeness (QED) is 0.261.